The standard InChI is InChI=1S/C20H16S4/c1-21-19-15(13-9-5-3-6-10-13)17-18(23-19)16(20(22-2)24-17)14-11-7-4-8-12-14/h3-12H,1-2H3. The summed E-state index contributed by atoms with van der Waals surface area (Å²) in [5.41, 5.74) is 5.46. The summed E-state index contributed by atoms with van der Waals surface area (Å²) >= 11 is 7.59. The van der Waals surface area contributed by atoms with Gasteiger partial charge in [-0.1, -0.05) is 60.7 Å². The molecule has 0 bridgehead atoms. The molecule has 0 unspecified atom stereocenters. The summed E-state index contributed by atoms with van der Waals surface area (Å²) in [6.45, 7) is 0. The van der Waals surface area contributed by atoms with Crippen molar-refractivity contribution in [1.82, 2.24) is 0 Å². The van der Waals surface area contributed by atoms with Gasteiger partial charge in [-0.2, -0.15) is 0 Å². The SMILES string of the molecule is CSc1sc2c(-c3ccccc3)c(SC)sc2c1-c1ccccc1. The fourth-order valence-electron chi connectivity index (χ4n) is 2.89. The van der Waals surface area contributed by atoms with Crippen LogP contribution in [0.1, 0.15) is 0 Å². The van der Waals surface area contributed by atoms with Gasteiger partial charge >= 0.3 is 0 Å². The molecule has 24 heavy (non-hydrogen) atoms. The van der Waals surface area contributed by atoms with Gasteiger partial charge in [0.05, 0.1) is 17.8 Å². The van der Waals surface area contributed by atoms with Crippen molar-refractivity contribution in [2.75, 3.05) is 12.5 Å². The Morgan fingerprint density at radius 3 is 1.29 bits per heavy atom. The van der Waals surface area contributed by atoms with Crippen molar-refractivity contribution in [3.8, 4) is 22.3 Å². The zero-order valence-electron chi connectivity index (χ0n) is 13.4. The van der Waals surface area contributed by atoms with Gasteiger partial charge in [0.25, 0.3) is 0 Å². The zero-order valence-corrected chi connectivity index (χ0v) is 16.7. The quantitative estimate of drug-likeness (QED) is 0.330. The molecule has 4 rings (SSSR count). The van der Waals surface area contributed by atoms with Crippen LogP contribution < -0.4 is 0 Å². The van der Waals surface area contributed by atoms with Gasteiger partial charge in [-0.25, -0.2) is 0 Å². The molecule has 0 fully saturated rings. The van der Waals surface area contributed by atoms with Crippen LogP contribution in [0.5, 0.6) is 0 Å². The smallest absolute Gasteiger partial charge is 0.0695 e. The first kappa shape index (κ1) is 16.3. The molecule has 0 aliphatic heterocycles. The van der Waals surface area contributed by atoms with Gasteiger partial charge in [0.1, 0.15) is 0 Å². The molecule has 2 aromatic heterocycles. The van der Waals surface area contributed by atoms with Crippen LogP contribution in [0.3, 0.4) is 0 Å². The van der Waals surface area contributed by atoms with Crippen molar-refractivity contribution in [2.24, 2.45) is 0 Å². The van der Waals surface area contributed by atoms with Crippen LogP contribution in [-0.2, 0) is 0 Å². The minimum atomic E-state index is 1.32. The Morgan fingerprint density at radius 2 is 0.958 bits per heavy atom. The van der Waals surface area contributed by atoms with E-state index in [-0.39, 0.29) is 0 Å². The Balaban J connectivity index is 2.04. The first-order chi connectivity index (χ1) is 11.8. The number of fused-ring (bicyclic) bond motifs is 1. The van der Waals surface area contributed by atoms with Gasteiger partial charge in [0.15, 0.2) is 0 Å². The van der Waals surface area contributed by atoms with Crippen molar-refractivity contribution in [1.29, 1.82) is 0 Å². The zero-order chi connectivity index (χ0) is 16.5. The van der Waals surface area contributed by atoms with Gasteiger partial charge in [-0.15, -0.1) is 46.2 Å². The van der Waals surface area contributed by atoms with E-state index in [1.165, 1.54) is 40.1 Å². The van der Waals surface area contributed by atoms with E-state index >= 15 is 0 Å². The second-order valence-corrected chi connectivity index (χ2v) is 9.52. The van der Waals surface area contributed by atoms with Crippen molar-refractivity contribution in [3.63, 3.8) is 0 Å². The maximum absolute atomic E-state index is 2.22. The highest BCUT2D eigenvalue weighted by molar-refractivity contribution is 8.01. The monoisotopic (exact) mass is 384 g/mol. The molecule has 0 nitrogen and oxygen atoms in total. The summed E-state index contributed by atoms with van der Waals surface area (Å²) in [5.74, 6) is 0. The van der Waals surface area contributed by atoms with Crippen LogP contribution in [0.15, 0.2) is 69.1 Å². The van der Waals surface area contributed by atoms with E-state index in [2.05, 4.69) is 73.2 Å². The van der Waals surface area contributed by atoms with E-state index in [0.29, 0.717) is 0 Å². The fraction of sp³-hybridized carbons (Fsp3) is 0.100. The molecule has 4 aromatic rings. The maximum Gasteiger partial charge on any atom is 0.0695 e. The summed E-state index contributed by atoms with van der Waals surface area (Å²) in [5, 5.41) is 0. The Hall–Kier alpha value is -1.20. The number of hydrogen-bond donors (Lipinski definition) is 0. The molecule has 0 N–H and O–H groups in total. The average molecular weight is 385 g/mol. The molecule has 4 heteroatoms. The predicted octanol–water partition coefficient (Wildman–Crippen LogP) is 7.74. The van der Waals surface area contributed by atoms with Crippen LogP contribution in [0.4, 0.5) is 0 Å². The van der Waals surface area contributed by atoms with Gasteiger partial charge in [-0.3, -0.25) is 0 Å². The second-order valence-electron chi connectivity index (χ2n) is 5.33. The minimum Gasteiger partial charge on any atom is -0.127 e. The van der Waals surface area contributed by atoms with Crippen molar-refractivity contribution in [3.05, 3.63) is 60.7 Å². The molecule has 0 aliphatic carbocycles. The first-order valence-electron chi connectivity index (χ1n) is 7.61. The number of thioether (sulfide) groups is 2. The van der Waals surface area contributed by atoms with E-state index in [0.717, 1.165) is 0 Å². The summed E-state index contributed by atoms with van der Waals surface area (Å²) in [7, 11) is 0. The Bertz CT molecular complexity index is 884. The third-order valence-corrected chi connectivity index (χ3v) is 8.74. The van der Waals surface area contributed by atoms with E-state index in [4.69, 9.17) is 0 Å². The summed E-state index contributed by atoms with van der Waals surface area (Å²) in [6.07, 6.45) is 4.36. The van der Waals surface area contributed by atoms with Crippen molar-refractivity contribution >= 4 is 55.6 Å². The molecule has 0 spiro atoms. The van der Waals surface area contributed by atoms with Crippen LogP contribution in [0, 0.1) is 0 Å². The lowest BCUT2D eigenvalue weighted by molar-refractivity contribution is 1.63. The molecule has 0 amide bonds. The highest BCUT2D eigenvalue weighted by Crippen LogP contribution is 2.53. The van der Waals surface area contributed by atoms with Crippen LogP contribution in [-0.4, -0.2) is 12.5 Å². The lowest BCUT2D eigenvalue weighted by Crippen LogP contribution is -1.74. The van der Waals surface area contributed by atoms with E-state index in [9.17, 15) is 0 Å². The number of hydrogen-bond acceptors (Lipinski definition) is 4. The summed E-state index contributed by atoms with van der Waals surface area (Å²) in [6, 6.07) is 21.6. The average Bonchev–Trinajstić information content (AvgIpc) is 3.17. The van der Waals surface area contributed by atoms with Crippen molar-refractivity contribution < 1.29 is 0 Å². The maximum atomic E-state index is 2.22. The van der Waals surface area contributed by atoms with Crippen molar-refractivity contribution in [2.45, 2.75) is 8.42 Å². The number of rotatable bonds is 4. The van der Waals surface area contributed by atoms with Gasteiger partial charge < -0.3 is 0 Å². The second kappa shape index (κ2) is 6.96. The molecule has 120 valence electrons. The number of thiophene rings is 2. The lowest BCUT2D eigenvalue weighted by Gasteiger charge is -2.02. The molecular formula is C20H16S4. The Labute approximate surface area is 158 Å². The highest BCUT2D eigenvalue weighted by atomic mass is 32.2. The third kappa shape index (κ3) is 2.72. The normalized spacial score (nSPS) is 11.2. The molecule has 0 aliphatic rings. The van der Waals surface area contributed by atoms with E-state index < -0.39 is 0 Å². The molecule has 2 aromatic carbocycles. The molecule has 0 atom stereocenters. The minimum absolute atomic E-state index is 1.32. The molecular weight excluding hydrogens is 368 g/mol. The topological polar surface area (TPSA) is 0 Å². The van der Waals surface area contributed by atoms with Crippen LogP contribution in [0.2, 0.25) is 0 Å². The molecule has 0 saturated heterocycles. The summed E-state index contributed by atoms with van der Waals surface area (Å²) in [4.78, 5) is 0. The fourth-order valence-corrected chi connectivity index (χ4v) is 7.46. The molecule has 2 heterocycles. The third-order valence-electron chi connectivity index (χ3n) is 3.95. The molecule has 0 radical (unpaired) electrons. The molecule has 0 saturated carbocycles. The Kier molecular flexibility index (Phi) is 4.72. The summed E-state index contributed by atoms with van der Waals surface area (Å²) < 4.78 is 5.68. The van der Waals surface area contributed by atoms with Gasteiger partial charge in [0, 0.05) is 11.1 Å². The van der Waals surface area contributed by atoms with E-state index in [1.54, 1.807) is 0 Å². The number of benzene rings is 2. The highest BCUT2D eigenvalue weighted by Gasteiger charge is 2.22. The largest absolute Gasteiger partial charge is 0.127 e. The first-order valence-corrected chi connectivity index (χ1v) is 11.7. The van der Waals surface area contributed by atoms with Gasteiger partial charge in [0.2, 0.25) is 0 Å². The van der Waals surface area contributed by atoms with Crippen LogP contribution >= 0.6 is 46.2 Å². The Morgan fingerprint density at radius 1 is 0.583 bits per heavy atom. The van der Waals surface area contributed by atoms with Gasteiger partial charge in [-0.05, 0) is 23.6 Å². The van der Waals surface area contributed by atoms with Crippen LogP contribution in [0.25, 0.3) is 31.7 Å². The van der Waals surface area contributed by atoms with E-state index in [1.807, 2.05) is 46.2 Å². The lowest BCUT2D eigenvalue weighted by atomic mass is 10.1. The predicted molar refractivity (Wildman–Crippen MR) is 114 cm³/mol.